The molecule has 0 radical (unpaired) electrons. The Bertz CT molecular complexity index is 965. The van der Waals surface area contributed by atoms with Crippen LogP contribution in [0.2, 0.25) is 0 Å². The molecule has 7 heteroatoms. The number of ether oxygens (including phenoxy) is 1. The molecule has 2 aromatic rings. The van der Waals surface area contributed by atoms with Crippen molar-refractivity contribution in [3.8, 4) is 5.75 Å². The molecule has 2 N–H and O–H groups in total. The van der Waals surface area contributed by atoms with Crippen LogP contribution >= 0.6 is 0 Å². The van der Waals surface area contributed by atoms with Gasteiger partial charge in [-0.1, -0.05) is 24.3 Å². The van der Waals surface area contributed by atoms with Crippen LogP contribution in [0.15, 0.2) is 42.5 Å². The number of amides is 2. The van der Waals surface area contributed by atoms with E-state index in [1.807, 2.05) is 32.0 Å². The first-order valence-electron chi connectivity index (χ1n) is 10.5. The van der Waals surface area contributed by atoms with Crippen molar-refractivity contribution in [2.24, 2.45) is 0 Å². The number of quaternary nitrogens is 1. The van der Waals surface area contributed by atoms with Crippen molar-refractivity contribution < 1.29 is 24.0 Å². The number of nitrogens with one attached hydrogen (secondary N) is 2. The summed E-state index contributed by atoms with van der Waals surface area (Å²) in [4.78, 5) is 39.3. The van der Waals surface area contributed by atoms with E-state index >= 15 is 0 Å². The summed E-state index contributed by atoms with van der Waals surface area (Å²) in [6.45, 7) is 8.43. The molecule has 0 saturated carbocycles. The van der Waals surface area contributed by atoms with Crippen molar-refractivity contribution in [2.45, 2.75) is 20.8 Å². The number of carbonyl (C=O) groups is 3. The minimum Gasteiger partial charge on any atom is -0.484 e. The van der Waals surface area contributed by atoms with Crippen molar-refractivity contribution in [3.05, 3.63) is 59.2 Å². The number of carbonyl (C=O) groups excluding carboxylic acids is 3. The topological polar surface area (TPSA) is 80.2 Å². The van der Waals surface area contributed by atoms with Gasteiger partial charge in [0.2, 0.25) is 0 Å². The van der Waals surface area contributed by atoms with Gasteiger partial charge in [0.05, 0.1) is 26.2 Å². The lowest BCUT2D eigenvalue weighted by atomic mass is 10.1. The Balaban J connectivity index is 1.43. The first-order valence-corrected chi connectivity index (χ1v) is 10.5. The number of Topliss-reactive ketones (excluding diaryl/α,β-unsaturated/α-hetero) is 1. The molecule has 1 aliphatic rings. The van der Waals surface area contributed by atoms with E-state index in [1.165, 1.54) is 6.92 Å². The van der Waals surface area contributed by atoms with E-state index in [4.69, 9.17) is 4.74 Å². The number of rotatable bonds is 7. The van der Waals surface area contributed by atoms with Crippen molar-refractivity contribution in [2.75, 3.05) is 44.6 Å². The molecule has 3 rings (SSSR count). The molecule has 1 saturated heterocycles. The van der Waals surface area contributed by atoms with Gasteiger partial charge in [0.15, 0.2) is 18.9 Å². The van der Waals surface area contributed by atoms with Crippen LogP contribution in [0.4, 0.5) is 5.69 Å². The second kappa shape index (κ2) is 10.2. The summed E-state index contributed by atoms with van der Waals surface area (Å²) in [6.07, 6.45) is 0. The quantitative estimate of drug-likeness (QED) is 0.656. The maximum atomic E-state index is 12.5. The number of hydrogen-bond acceptors (Lipinski definition) is 4. The SMILES string of the molecule is CC(=O)c1cccc(OCC(=O)N2CC[NH+](CC(=O)Nc3cccc(C)c3C)CC2)c1. The Morgan fingerprint density at radius 1 is 1.06 bits per heavy atom. The second-order valence-electron chi connectivity index (χ2n) is 7.98. The highest BCUT2D eigenvalue weighted by Gasteiger charge is 2.25. The highest BCUT2D eigenvalue weighted by Crippen LogP contribution is 2.17. The zero-order valence-electron chi connectivity index (χ0n) is 18.4. The summed E-state index contributed by atoms with van der Waals surface area (Å²) in [7, 11) is 0. The van der Waals surface area contributed by atoms with E-state index in [0.717, 1.165) is 21.7 Å². The number of aryl methyl sites for hydroxylation is 1. The van der Waals surface area contributed by atoms with E-state index < -0.39 is 0 Å². The van der Waals surface area contributed by atoms with Crippen molar-refractivity contribution in [1.29, 1.82) is 0 Å². The molecule has 1 aliphatic heterocycles. The predicted molar refractivity (Wildman–Crippen MR) is 119 cm³/mol. The molecule has 0 aliphatic carbocycles. The molecule has 2 aromatic carbocycles. The highest BCUT2D eigenvalue weighted by atomic mass is 16.5. The van der Waals surface area contributed by atoms with Crippen LogP contribution in [-0.4, -0.2) is 61.8 Å². The van der Waals surface area contributed by atoms with Gasteiger partial charge in [-0.3, -0.25) is 14.4 Å². The standard InChI is InChI=1S/C24H29N3O4/c1-17-6-4-9-22(18(17)2)25-23(29)15-26-10-12-27(13-11-26)24(30)16-31-21-8-5-7-20(14-21)19(3)28/h4-9,14H,10-13,15-16H2,1-3H3,(H,25,29)/p+1. The molecular weight excluding hydrogens is 394 g/mol. The van der Waals surface area contributed by atoms with Gasteiger partial charge in [-0.25, -0.2) is 0 Å². The van der Waals surface area contributed by atoms with Crippen LogP contribution in [-0.2, 0) is 9.59 Å². The van der Waals surface area contributed by atoms with Gasteiger partial charge in [0, 0.05) is 11.3 Å². The Kier molecular flexibility index (Phi) is 7.41. The Morgan fingerprint density at radius 2 is 1.77 bits per heavy atom. The Morgan fingerprint density at radius 3 is 2.48 bits per heavy atom. The molecule has 31 heavy (non-hydrogen) atoms. The van der Waals surface area contributed by atoms with Gasteiger partial charge >= 0.3 is 0 Å². The largest absolute Gasteiger partial charge is 0.484 e. The molecule has 164 valence electrons. The van der Waals surface area contributed by atoms with Gasteiger partial charge in [0.25, 0.3) is 11.8 Å². The van der Waals surface area contributed by atoms with Crippen molar-refractivity contribution >= 4 is 23.3 Å². The maximum Gasteiger partial charge on any atom is 0.279 e. The summed E-state index contributed by atoms with van der Waals surface area (Å²) in [5.41, 5.74) is 3.63. The molecule has 0 spiro atoms. The van der Waals surface area contributed by atoms with Crippen LogP contribution < -0.4 is 15.0 Å². The average molecular weight is 425 g/mol. The third-order valence-electron chi connectivity index (χ3n) is 5.72. The lowest BCUT2D eigenvalue weighted by molar-refractivity contribution is -0.895. The molecule has 7 nitrogen and oxygen atoms in total. The second-order valence-corrected chi connectivity index (χ2v) is 7.98. The summed E-state index contributed by atoms with van der Waals surface area (Å²) in [5, 5.41) is 3.00. The summed E-state index contributed by atoms with van der Waals surface area (Å²) < 4.78 is 5.58. The molecule has 0 bridgehead atoms. The smallest absolute Gasteiger partial charge is 0.279 e. The van der Waals surface area contributed by atoms with Gasteiger partial charge in [-0.15, -0.1) is 0 Å². The fourth-order valence-corrected chi connectivity index (χ4v) is 3.60. The zero-order valence-corrected chi connectivity index (χ0v) is 18.4. The fourth-order valence-electron chi connectivity index (χ4n) is 3.60. The van der Waals surface area contributed by atoms with E-state index in [9.17, 15) is 14.4 Å². The summed E-state index contributed by atoms with van der Waals surface area (Å²) in [5.74, 6) is 0.357. The van der Waals surface area contributed by atoms with Gasteiger partial charge < -0.3 is 19.9 Å². The first kappa shape index (κ1) is 22.5. The first-order chi connectivity index (χ1) is 14.8. The van der Waals surface area contributed by atoms with Crippen LogP contribution in [0, 0.1) is 13.8 Å². The van der Waals surface area contributed by atoms with Crippen LogP contribution in [0.3, 0.4) is 0 Å². The van der Waals surface area contributed by atoms with E-state index in [-0.39, 0.29) is 24.2 Å². The number of anilines is 1. The van der Waals surface area contributed by atoms with Crippen molar-refractivity contribution in [3.63, 3.8) is 0 Å². The molecule has 0 atom stereocenters. The third kappa shape index (κ3) is 6.15. The van der Waals surface area contributed by atoms with Crippen LogP contribution in [0.5, 0.6) is 5.75 Å². The van der Waals surface area contributed by atoms with Gasteiger partial charge in [-0.2, -0.15) is 0 Å². The number of ketones is 1. The minimum absolute atomic E-state index is 0.0165. The number of nitrogens with zero attached hydrogens (tertiary/aromatic N) is 1. The number of hydrogen-bond donors (Lipinski definition) is 2. The lowest BCUT2D eigenvalue weighted by Crippen LogP contribution is -3.15. The molecule has 1 heterocycles. The zero-order chi connectivity index (χ0) is 22.4. The summed E-state index contributed by atoms with van der Waals surface area (Å²) in [6, 6.07) is 12.7. The predicted octanol–water partition coefficient (Wildman–Crippen LogP) is 1.25. The fraction of sp³-hybridized carbons (Fsp3) is 0.375. The third-order valence-corrected chi connectivity index (χ3v) is 5.72. The van der Waals surface area contributed by atoms with Crippen molar-refractivity contribution in [1.82, 2.24) is 4.90 Å². The van der Waals surface area contributed by atoms with E-state index in [1.54, 1.807) is 29.2 Å². The maximum absolute atomic E-state index is 12.5. The van der Waals surface area contributed by atoms with E-state index in [2.05, 4.69) is 5.32 Å². The lowest BCUT2D eigenvalue weighted by Gasteiger charge is -2.31. The molecule has 0 unspecified atom stereocenters. The average Bonchev–Trinajstić information content (AvgIpc) is 2.76. The molecule has 2 amide bonds. The van der Waals surface area contributed by atoms with E-state index in [0.29, 0.717) is 44.0 Å². The molecule has 1 fully saturated rings. The molecular formula is C24H30N3O4+. The van der Waals surface area contributed by atoms with Crippen LogP contribution in [0.1, 0.15) is 28.4 Å². The summed E-state index contributed by atoms with van der Waals surface area (Å²) >= 11 is 0. The minimum atomic E-state index is -0.0906. The highest BCUT2D eigenvalue weighted by molar-refractivity contribution is 5.94. The number of benzene rings is 2. The normalized spacial score (nSPS) is 14.2. The van der Waals surface area contributed by atoms with Gasteiger partial charge in [0.1, 0.15) is 5.75 Å². The molecule has 0 aromatic heterocycles. The number of piperazine rings is 1. The van der Waals surface area contributed by atoms with Crippen LogP contribution in [0.25, 0.3) is 0 Å². The Hall–Kier alpha value is -3.19. The monoisotopic (exact) mass is 424 g/mol. The van der Waals surface area contributed by atoms with Gasteiger partial charge in [-0.05, 0) is 50.1 Å². The Labute approximate surface area is 183 Å².